The molecular weight excluding hydrogens is 140 g/mol. The van der Waals surface area contributed by atoms with Crippen LogP contribution in [0.2, 0.25) is 0 Å². The summed E-state index contributed by atoms with van der Waals surface area (Å²) in [4.78, 5) is 3.41. The Balaban J connectivity index is 2.26. The standard InChI is InChI=1S/C8H10N2O/c1-7-5-3-11-4-6(5)8(10-7)2-9-1/h9-10H,1-4H2. The van der Waals surface area contributed by atoms with E-state index in [0.29, 0.717) is 0 Å². The molecule has 0 unspecified atom stereocenters. The van der Waals surface area contributed by atoms with Crippen LogP contribution in [-0.2, 0) is 31.0 Å². The van der Waals surface area contributed by atoms with Gasteiger partial charge in [-0.1, -0.05) is 0 Å². The van der Waals surface area contributed by atoms with Crippen LogP contribution in [0, 0.1) is 0 Å². The molecule has 0 aromatic carbocycles. The van der Waals surface area contributed by atoms with Crippen LogP contribution < -0.4 is 5.32 Å². The van der Waals surface area contributed by atoms with E-state index in [1.807, 2.05) is 0 Å². The van der Waals surface area contributed by atoms with Gasteiger partial charge in [0, 0.05) is 35.6 Å². The summed E-state index contributed by atoms with van der Waals surface area (Å²) in [5.74, 6) is 0. The highest BCUT2D eigenvalue weighted by atomic mass is 16.5. The van der Waals surface area contributed by atoms with Crippen molar-refractivity contribution >= 4 is 0 Å². The maximum absolute atomic E-state index is 5.36. The highest BCUT2D eigenvalue weighted by Gasteiger charge is 2.24. The molecule has 2 aliphatic rings. The Morgan fingerprint density at radius 2 is 1.64 bits per heavy atom. The molecule has 1 aromatic rings. The van der Waals surface area contributed by atoms with Crippen LogP contribution in [-0.4, -0.2) is 4.98 Å². The number of ether oxygens (including phenoxy) is 1. The first-order valence-corrected chi connectivity index (χ1v) is 3.95. The second kappa shape index (κ2) is 1.87. The largest absolute Gasteiger partial charge is 0.372 e. The van der Waals surface area contributed by atoms with Crippen molar-refractivity contribution in [2.45, 2.75) is 26.3 Å². The van der Waals surface area contributed by atoms with E-state index in [2.05, 4.69) is 10.3 Å². The minimum absolute atomic E-state index is 0.808. The van der Waals surface area contributed by atoms with Gasteiger partial charge in [-0.25, -0.2) is 0 Å². The molecule has 0 aliphatic carbocycles. The number of hydrogen-bond acceptors (Lipinski definition) is 2. The van der Waals surface area contributed by atoms with Crippen LogP contribution in [0.5, 0.6) is 0 Å². The van der Waals surface area contributed by atoms with Crippen molar-refractivity contribution in [1.82, 2.24) is 10.3 Å². The Morgan fingerprint density at radius 1 is 1.00 bits per heavy atom. The Kier molecular flexibility index (Phi) is 0.985. The van der Waals surface area contributed by atoms with E-state index in [-0.39, 0.29) is 0 Å². The topological polar surface area (TPSA) is 37.0 Å². The van der Waals surface area contributed by atoms with Crippen LogP contribution in [0.25, 0.3) is 0 Å². The lowest BCUT2D eigenvalue weighted by molar-refractivity contribution is 0.132. The van der Waals surface area contributed by atoms with Crippen LogP contribution in [0.3, 0.4) is 0 Å². The van der Waals surface area contributed by atoms with E-state index < -0.39 is 0 Å². The van der Waals surface area contributed by atoms with E-state index in [4.69, 9.17) is 4.74 Å². The zero-order valence-corrected chi connectivity index (χ0v) is 6.24. The molecule has 2 bridgehead atoms. The van der Waals surface area contributed by atoms with Crippen molar-refractivity contribution in [3.05, 3.63) is 22.5 Å². The Bertz CT molecular complexity index is 277. The first-order valence-electron chi connectivity index (χ1n) is 3.95. The van der Waals surface area contributed by atoms with Crippen LogP contribution in [0.1, 0.15) is 22.5 Å². The Hall–Kier alpha value is -0.800. The first-order chi connectivity index (χ1) is 5.45. The summed E-state index contributed by atoms with van der Waals surface area (Å²) in [7, 11) is 0. The molecule has 3 rings (SSSR count). The second-order valence-corrected chi connectivity index (χ2v) is 3.14. The molecule has 58 valence electrons. The average molecular weight is 150 g/mol. The van der Waals surface area contributed by atoms with E-state index in [0.717, 1.165) is 26.3 Å². The van der Waals surface area contributed by atoms with Crippen molar-refractivity contribution < 1.29 is 4.74 Å². The van der Waals surface area contributed by atoms with Crippen molar-refractivity contribution in [3.63, 3.8) is 0 Å². The smallest absolute Gasteiger partial charge is 0.0743 e. The lowest BCUT2D eigenvalue weighted by Gasteiger charge is -2.09. The van der Waals surface area contributed by atoms with E-state index in [1.165, 1.54) is 22.5 Å². The van der Waals surface area contributed by atoms with Gasteiger partial charge in [-0.3, -0.25) is 0 Å². The Morgan fingerprint density at radius 3 is 2.27 bits per heavy atom. The zero-order chi connectivity index (χ0) is 7.26. The summed E-state index contributed by atoms with van der Waals surface area (Å²) in [6, 6.07) is 0. The number of rotatable bonds is 0. The van der Waals surface area contributed by atoms with Gasteiger partial charge >= 0.3 is 0 Å². The van der Waals surface area contributed by atoms with Gasteiger partial charge in [0.15, 0.2) is 0 Å². The number of aromatic nitrogens is 1. The van der Waals surface area contributed by atoms with Gasteiger partial charge in [-0.15, -0.1) is 0 Å². The average Bonchev–Trinajstić information content (AvgIpc) is 2.58. The second-order valence-electron chi connectivity index (χ2n) is 3.14. The highest BCUT2D eigenvalue weighted by Crippen LogP contribution is 2.28. The number of hydrogen-bond donors (Lipinski definition) is 2. The molecule has 11 heavy (non-hydrogen) atoms. The molecule has 0 saturated carbocycles. The molecule has 0 atom stereocenters. The van der Waals surface area contributed by atoms with Gasteiger partial charge in [-0.2, -0.15) is 0 Å². The van der Waals surface area contributed by atoms with Crippen LogP contribution in [0.15, 0.2) is 0 Å². The SMILES string of the molecule is C1NCc2[nH]c1c1c2COC1. The van der Waals surface area contributed by atoms with Crippen LogP contribution in [0.4, 0.5) is 0 Å². The fourth-order valence-electron chi connectivity index (χ4n) is 1.92. The predicted octanol–water partition coefficient (Wildman–Crippen LogP) is 0.648. The summed E-state index contributed by atoms with van der Waals surface area (Å²) < 4.78 is 5.36. The molecule has 2 aliphatic heterocycles. The number of H-pyrrole nitrogens is 1. The van der Waals surface area contributed by atoms with Gasteiger partial charge in [0.25, 0.3) is 0 Å². The quantitative estimate of drug-likeness (QED) is 0.569. The van der Waals surface area contributed by atoms with Crippen LogP contribution >= 0.6 is 0 Å². The van der Waals surface area contributed by atoms with Crippen molar-refractivity contribution in [2.24, 2.45) is 0 Å². The zero-order valence-electron chi connectivity index (χ0n) is 6.24. The van der Waals surface area contributed by atoms with Gasteiger partial charge < -0.3 is 15.0 Å². The minimum atomic E-state index is 0.808. The summed E-state index contributed by atoms with van der Waals surface area (Å²) in [5.41, 5.74) is 5.48. The third kappa shape index (κ3) is 0.645. The number of nitrogens with one attached hydrogen (secondary N) is 2. The summed E-state index contributed by atoms with van der Waals surface area (Å²) in [5, 5.41) is 3.34. The molecule has 2 N–H and O–H groups in total. The fraction of sp³-hybridized carbons (Fsp3) is 0.500. The van der Waals surface area contributed by atoms with Gasteiger partial charge in [0.1, 0.15) is 0 Å². The molecule has 0 spiro atoms. The van der Waals surface area contributed by atoms with Gasteiger partial charge in [0.2, 0.25) is 0 Å². The third-order valence-electron chi connectivity index (χ3n) is 2.49. The van der Waals surface area contributed by atoms with Crippen molar-refractivity contribution in [1.29, 1.82) is 0 Å². The maximum Gasteiger partial charge on any atom is 0.0743 e. The lowest BCUT2D eigenvalue weighted by atomic mass is 10.2. The molecule has 3 heterocycles. The van der Waals surface area contributed by atoms with Crippen molar-refractivity contribution in [3.8, 4) is 0 Å². The predicted molar refractivity (Wildman–Crippen MR) is 39.8 cm³/mol. The number of fused-ring (bicyclic) bond motifs is 5. The van der Waals surface area contributed by atoms with Gasteiger partial charge in [-0.05, 0) is 0 Å². The van der Waals surface area contributed by atoms with E-state index in [9.17, 15) is 0 Å². The molecule has 0 fully saturated rings. The molecule has 3 nitrogen and oxygen atoms in total. The molecule has 3 heteroatoms. The summed E-state index contributed by atoms with van der Waals surface area (Å²) >= 11 is 0. The molecule has 0 saturated heterocycles. The van der Waals surface area contributed by atoms with Crippen molar-refractivity contribution in [2.75, 3.05) is 0 Å². The molecule has 0 radical (unpaired) electrons. The minimum Gasteiger partial charge on any atom is -0.372 e. The maximum atomic E-state index is 5.36. The monoisotopic (exact) mass is 150 g/mol. The normalized spacial score (nSPS) is 20.4. The molecule has 0 amide bonds. The first kappa shape index (κ1) is 5.80. The third-order valence-corrected chi connectivity index (χ3v) is 2.49. The van der Waals surface area contributed by atoms with E-state index >= 15 is 0 Å². The summed E-state index contributed by atoms with van der Waals surface area (Å²) in [6.45, 7) is 3.57. The van der Waals surface area contributed by atoms with Gasteiger partial charge in [0.05, 0.1) is 13.2 Å². The Labute approximate surface area is 64.8 Å². The number of aromatic amines is 1. The molecule has 1 aromatic heterocycles. The lowest BCUT2D eigenvalue weighted by Crippen LogP contribution is -2.18. The molecular formula is C8H10N2O. The summed E-state index contributed by atoms with van der Waals surface area (Å²) in [6.07, 6.45) is 0. The van der Waals surface area contributed by atoms with E-state index in [1.54, 1.807) is 0 Å². The highest BCUT2D eigenvalue weighted by molar-refractivity contribution is 5.39. The fourth-order valence-corrected chi connectivity index (χ4v) is 1.92.